The van der Waals surface area contributed by atoms with E-state index in [1.165, 1.54) is 45.2 Å². The van der Waals surface area contributed by atoms with Gasteiger partial charge in [-0.25, -0.2) is 0 Å². The highest BCUT2D eigenvalue weighted by molar-refractivity contribution is 4.77. The number of nitrogens with zero attached hydrogens (tertiary/aromatic N) is 1. The predicted octanol–water partition coefficient (Wildman–Crippen LogP) is 1.49. The van der Waals surface area contributed by atoms with Gasteiger partial charge >= 0.3 is 0 Å². The molecule has 1 aliphatic carbocycles. The average molecular weight is 183 g/mol. The van der Waals surface area contributed by atoms with Gasteiger partial charge in [-0.2, -0.15) is 0 Å². The molecule has 0 radical (unpaired) electrons. The van der Waals surface area contributed by atoms with E-state index in [-0.39, 0.29) is 0 Å². The number of rotatable bonds is 5. The van der Waals surface area contributed by atoms with Gasteiger partial charge in [-0.05, 0) is 44.2 Å². The van der Waals surface area contributed by atoms with E-state index in [0.29, 0.717) is 12.5 Å². The van der Waals surface area contributed by atoms with Crippen molar-refractivity contribution in [3.63, 3.8) is 0 Å². The fraction of sp³-hybridized carbons (Fsp3) is 1.00. The van der Waals surface area contributed by atoms with Crippen molar-refractivity contribution < 1.29 is 5.11 Å². The molecule has 2 rings (SSSR count). The monoisotopic (exact) mass is 183 g/mol. The average Bonchev–Trinajstić information content (AvgIpc) is 2.84. The summed E-state index contributed by atoms with van der Waals surface area (Å²) in [5.74, 6) is 1.65. The SMILES string of the molecule is OCC1CCN(CCCC2CC2)C1. The fourth-order valence-corrected chi connectivity index (χ4v) is 2.28. The topological polar surface area (TPSA) is 23.5 Å². The summed E-state index contributed by atoms with van der Waals surface area (Å²) in [4.78, 5) is 2.52. The molecule has 1 atom stereocenters. The van der Waals surface area contributed by atoms with Gasteiger partial charge in [0.15, 0.2) is 0 Å². The molecule has 1 N–H and O–H groups in total. The van der Waals surface area contributed by atoms with Gasteiger partial charge in [0.1, 0.15) is 0 Å². The van der Waals surface area contributed by atoms with E-state index >= 15 is 0 Å². The molecule has 0 amide bonds. The lowest BCUT2D eigenvalue weighted by Gasteiger charge is -2.14. The van der Waals surface area contributed by atoms with Crippen LogP contribution >= 0.6 is 0 Å². The van der Waals surface area contributed by atoms with Crippen LogP contribution in [0.3, 0.4) is 0 Å². The Bertz CT molecular complexity index is 156. The van der Waals surface area contributed by atoms with E-state index in [1.807, 2.05) is 0 Å². The van der Waals surface area contributed by atoms with Crippen LogP contribution in [0, 0.1) is 11.8 Å². The molecule has 1 aliphatic heterocycles. The Morgan fingerprint density at radius 1 is 1.15 bits per heavy atom. The van der Waals surface area contributed by atoms with Crippen LogP contribution in [-0.4, -0.2) is 36.2 Å². The largest absolute Gasteiger partial charge is 0.396 e. The van der Waals surface area contributed by atoms with Crippen LogP contribution in [0.4, 0.5) is 0 Å². The van der Waals surface area contributed by atoms with E-state index in [2.05, 4.69) is 4.90 Å². The zero-order valence-electron chi connectivity index (χ0n) is 8.41. The van der Waals surface area contributed by atoms with Crippen molar-refractivity contribution in [1.82, 2.24) is 4.90 Å². The molecule has 2 fully saturated rings. The predicted molar refractivity (Wildman–Crippen MR) is 53.6 cm³/mol. The summed E-state index contributed by atoms with van der Waals surface area (Å²) in [6.45, 7) is 4.02. The normalized spacial score (nSPS) is 29.8. The van der Waals surface area contributed by atoms with Gasteiger partial charge in [0.05, 0.1) is 0 Å². The fourth-order valence-electron chi connectivity index (χ4n) is 2.28. The number of hydrogen-bond acceptors (Lipinski definition) is 2. The lowest BCUT2D eigenvalue weighted by atomic mass is 10.1. The number of hydrogen-bond donors (Lipinski definition) is 1. The number of aliphatic hydroxyl groups is 1. The molecule has 76 valence electrons. The molecule has 1 saturated heterocycles. The zero-order chi connectivity index (χ0) is 9.10. The maximum Gasteiger partial charge on any atom is 0.0471 e. The second-order valence-corrected chi connectivity index (χ2v) is 4.72. The molecule has 0 bridgehead atoms. The van der Waals surface area contributed by atoms with E-state index in [4.69, 9.17) is 5.11 Å². The molecule has 2 aliphatic rings. The van der Waals surface area contributed by atoms with Gasteiger partial charge in [0.2, 0.25) is 0 Å². The highest BCUT2D eigenvalue weighted by Gasteiger charge is 2.23. The summed E-state index contributed by atoms with van der Waals surface area (Å²) < 4.78 is 0. The molecule has 2 nitrogen and oxygen atoms in total. The van der Waals surface area contributed by atoms with Gasteiger partial charge < -0.3 is 10.0 Å². The first-order chi connectivity index (χ1) is 6.38. The van der Waals surface area contributed by atoms with Gasteiger partial charge in [-0.3, -0.25) is 0 Å². The van der Waals surface area contributed by atoms with Crippen LogP contribution in [0.5, 0.6) is 0 Å². The van der Waals surface area contributed by atoms with Crippen molar-refractivity contribution in [1.29, 1.82) is 0 Å². The third-order valence-electron chi connectivity index (χ3n) is 3.41. The first-order valence-corrected chi connectivity index (χ1v) is 5.71. The highest BCUT2D eigenvalue weighted by atomic mass is 16.3. The molecule has 2 heteroatoms. The molecule has 0 spiro atoms. The van der Waals surface area contributed by atoms with Crippen LogP contribution in [0.2, 0.25) is 0 Å². The second-order valence-electron chi connectivity index (χ2n) is 4.72. The van der Waals surface area contributed by atoms with Crippen molar-refractivity contribution in [2.75, 3.05) is 26.2 Å². The quantitative estimate of drug-likeness (QED) is 0.698. The highest BCUT2D eigenvalue weighted by Crippen LogP contribution is 2.33. The van der Waals surface area contributed by atoms with Crippen LogP contribution in [0.25, 0.3) is 0 Å². The maximum atomic E-state index is 8.98. The maximum absolute atomic E-state index is 8.98. The van der Waals surface area contributed by atoms with Crippen molar-refractivity contribution >= 4 is 0 Å². The Morgan fingerprint density at radius 2 is 2.00 bits per heavy atom. The van der Waals surface area contributed by atoms with E-state index in [9.17, 15) is 0 Å². The van der Waals surface area contributed by atoms with Crippen molar-refractivity contribution in [2.24, 2.45) is 11.8 Å². The van der Waals surface area contributed by atoms with E-state index < -0.39 is 0 Å². The molecule has 0 aromatic carbocycles. The lowest BCUT2D eigenvalue weighted by molar-refractivity contribution is 0.220. The number of likely N-dealkylation sites (tertiary alicyclic amines) is 1. The Kier molecular flexibility index (Phi) is 3.23. The molecule has 1 heterocycles. The smallest absolute Gasteiger partial charge is 0.0471 e. The van der Waals surface area contributed by atoms with Crippen molar-refractivity contribution in [3.05, 3.63) is 0 Å². The third kappa shape index (κ3) is 2.96. The van der Waals surface area contributed by atoms with Crippen LogP contribution in [-0.2, 0) is 0 Å². The van der Waals surface area contributed by atoms with Crippen molar-refractivity contribution in [2.45, 2.75) is 32.1 Å². The first-order valence-electron chi connectivity index (χ1n) is 5.71. The van der Waals surface area contributed by atoms with E-state index in [1.54, 1.807) is 0 Å². The Labute approximate surface area is 80.9 Å². The summed E-state index contributed by atoms with van der Waals surface area (Å²) >= 11 is 0. The standard InChI is InChI=1S/C11H21NO/c13-9-11-5-7-12(8-11)6-1-2-10-3-4-10/h10-11,13H,1-9H2. The molecule has 1 unspecified atom stereocenters. The molecule has 0 aromatic rings. The molecular weight excluding hydrogens is 162 g/mol. The minimum Gasteiger partial charge on any atom is -0.396 e. The zero-order valence-corrected chi connectivity index (χ0v) is 8.41. The summed E-state index contributed by atoms with van der Waals surface area (Å²) in [6.07, 6.45) is 7.00. The van der Waals surface area contributed by atoms with Crippen LogP contribution < -0.4 is 0 Å². The van der Waals surface area contributed by atoms with E-state index in [0.717, 1.165) is 12.5 Å². The summed E-state index contributed by atoms with van der Waals surface area (Å²) in [7, 11) is 0. The Hall–Kier alpha value is -0.0800. The third-order valence-corrected chi connectivity index (χ3v) is 3.41. The van der Waals surface area contributed by atoms with Crippen LogP contribution in [0.15, 0.2) is 0 Å². The number of aliphatic hydroxyl groups excluding tert-OH is 1. The summed E-state index contributed by atoms with van der Waals surface area (Å²) in [5.41, 5.74) is 0. The minimum absolute atomic E-state index is 0.388. The summed E-state index contributed by atoms with van der Waals surface area (Å²) in [5, 5.41) is 8.98. The first kappa shape index (κ1) is 9.47. The summed E-state index contributed by atoms with van der Waals surface area (Å²) in [6, 6.07) is 0. The minimum atomic E-state index is 0.388. The molecule has 1 saturated carbocycles. The Balaban J connectivity index is 1.54. The molecular formula is C11H21NO. The van der Waals surface area contributed by atoms with Gasteiger partial charge in [-0.15, -0.1) is 0 Å². The second kappa shape index (κ2) is 4.43. The molecule has 13 heavy (non-hydrogen) atoms. The molecule has 0 aromatic heterocycles. The lowest BCUT2D eigenvalue weighted by Crippen LogP contribution is -2.22. The van der Waals surface area contributed by atoms with Crippen molar-refractivity contribution in [3.8, 4) is 0 Å². The van der Waals surface area contributed by atoms with Crippen LogP contribution in [0.1, 0.15) is 32.1 Å². The van der Waals surface area contributed by atoms with Gasteiger partial charge in [0.25, 0.3) is 0 Å². The van der Waals surface area contributed by atoms with Gasteiger partial charge in [0, 0.05) is 13.2 Å². The Morgan fingerprint density at radius 3 is 2.62 bits per heavy atom. The van der Waals surface area contributed by atoms with Gasteiger partial charge in [-0.1, -0.05) is 12.8 Å².